The minimum Gasteiger partial charge on any atom is -0.454 e. The molecule has 0 fully saturated rings. The zero-order valence-electron chi connectivity index (χ0n) is 9.09. The number of rotatable bonds is 4. The number of fused-ring (bicyclic) bond motifs is 1. The van der Waals surface area contributed by atoms with Gasteiger partial charge in [0.15, 0.2) is 11.5 Å². The normalized spacial score (nSPS) is 13.2. The predicted octanol–water partition coefficient (Wildman–Crippen LogP) is 2.06. The Kier molecular flexibility index (Phi) is 3.53. The molecule has 0 aromatic heterocycles. The summed E-state index contributed by atoms with van der Waals surface area (Å²) in [5.41, 5.74) is 2.17. The molecule has 1 aliphatic heterocycles. The second-order valence-corrected chi connectivity index (χ2v) is 3.91. The van der Waals surface area contributed by atoms with Crippen molar-refractivity contribution in [3.05, 3.63) is 22.2 Å². The molecule has 0 radical (unpaired) electrons. The molecule has 0 bridgehead atoms. The second-order valence-electron chi connectivity index (χ2n) is 3.54. The lowest BCUT2D eigenvalue weighted by Crippen LogP contribution is -2.06. The van der Waals surface area contributed by atoms with E-state index < -0.39 is 0 Å². The van der Waals surface area contributed by atoms with Crippen LogP contribution in [0.15, 0.2) is 6.07 Å². The van der Waals surface area contributed by atoms with Crippen LogP contribution in [0.3, 0.4) is 0 Å². The molecule has 0 aliphatic carbocycles. The highest BCUT2D eigenvalue weighted by molar-refractivity contribution is 6.33. The fraction of sp³-hybridized carbons (Fsp3) is 0.455. The molecule has 0 unspecified atom stereocenters. The lowest BCUT2D eigenvalue weighted by atomic mass is 10.0. The number of nitrogens with two attached hydrogens (primary N) is 1. The number of benzene rings is 1. The Labute approximate surface area is 99.2 Å². The molecule has 88 valence electrons. The van der Waals surface area contributed by atoms with E-state index in [1.54, 1.807) is 0 Å². The Morgan fingerprint density at radius 2 is 2.31 bits per heavy atom. The van der Waals surface area contributed by atoms with Gasteiger partial charge in [-0.2, -0.15) is 0 Å². The average Bonchev–Trinajstić information content (AvgIpc) is 2.75. The maximum absolute atomic E-state index is 6.26. The van der Waals surface area contributed by atoms with Crippen LogP contribution in [0.25, 0.3) is 0 Å². The van der Waals surface area contributed by atoms with Crippen LogP contribution in [0.1, 0.15) is 18.1 Å². The van der Waals surface area contributed by atoms with Crippen LogP contribution in [-0.2, 0) is 17.7 Å². The van der Waals surface area contributed by atoms with Crippen molar-refractivity contribution in [1.29, 1.82) is 0 Å². The van der Waals surface area contributed by atoms with Crippen LogP contribution in [0.5, 0.6) is 11.5 Å². The first-order valence-corrected chi connectivity index (χ1v) is 5.57. The van der Waals surface area contributed by atoms with Gasteiger partial charge in [0.1, 0.15) is 0 Å². The summed E-state index contributed by atoms with van der Waals surface area (Å²) in [5.74, 6) is 6.38. The Balaban J connectivity index is 2.39. The highest BCUT2D eigenvalue weighted by Gasteiger charge is 2.22. The molecule has 0 saturated carbocycles. The van der Waals surface area contributed by atoms with E-state index in [9.17, 15) is 0 Å². The van der Waals surface area contributed by atoms with Crippen LogP contribution in [-0.4, -0.2) is 13.4 Å². The fourth-order valence-electron chi connectivity index (χ4n) is 1.86. The highest BCUT2D eigenvalue weighted by Crippen LogP contribution is 2.43. The second kappa shape index (κ2) is 4.91. The zero-order chi connectivity index (χ0) is 11.5. The Morgan fingerprint density at radius 3 is 3.00 bits per heavy atom. The zero-order valence-corrected chi connectivity index (χ0v) is 9.84. The van der Waals surface area contributed by atoms with E-state index in [1.165, 1.54) is 0 Å². The Bertz CT molecular complexity index is 395. The summed E-state index contributed by atoms with van der Waals surface area (Å²) in [6, 6.07) is 1.95. The van der Waals surface area contributed by atoms with Crippen molar-refractivity contribution in [2.75, 3.05) is 13.4 Å². The van der Waals surface area contributed by atoms with E-state index in [2.05, 4.69) is 11.8 Å². The molecule has 0 spiro atoms. The first-order chi connectivity index (χ1) is 7.77. The summed E-state index contributed by atoms with van der Waals surface area (Å²) < 4.78 is 10.6. The van der Waals surface area contributed by atoms with Gasteiger partial charge in [0.05, 0.1) is 11.6 Å². The van der Waals surface area contributed by atoms with Gasteiger partial charge >= 0.3 is 0 Å². The van der Waals surface area contributed by atoms with Gasteiger partial charge in [-0.15, -0.1) is 0 Å². The van der Waals surface area contributed by atoms with E-state index in [0.717, 1.165) is 24.0 Å². The third kappa shape index (κ3) is 1.96. The summed E-state index contributed by atoms with van der Waals surface area (Å²) >= 11 is 6.26. The van der Waals surface area contributed by atoms with Gasteiger partial charge in [0.25, 0.3) is 0 Å². The third-order valence-electron chi connectivity index (χ3n) is 2.64. The molecule has 0 atom stereocenters. The van der Waals surface area contributed by atoms with Crippen LogP contribution in [0.4, 0.5) is 0 Å². The summed E-state index contributed by atoms with van der Waals surface area (Å²) in [4.78, 5) is 4.59. The Morgan fingerprint density at radius 1 is 1.50 bits per heavy atom. The van der Waals surface area contributed by atoms with E-state index in [0.29, 0.717) is 23.1 Å². The molecule has 5 heteroatoms. The molecular formula is C11H14ClNO3. The monoisotopic (exact) mass is 243 g/mol. The van der Waals surface area contributed by atoms with Gasteiger partial charge in [-0.05, 0) is 30.0 Å². The fourth-order valence-corrected chi connectivity index (χ4v) is 2.27. The number of hydrogen-bond acceptors (Lipinski definition) is 4. The van der Waals surface area contributed by atoms with E-state index in [-0.39, 0.29) is 6.79 Å². The maximum atomic E-state index is 6.26. The molecule has 1 aromatic rings. The van der Waals surface area contributed by atoms with Crippen molar-refractivity contribution in [3.63, 3.8) is 0 Å². The highest BCUT2D eigenvalue weighted by atomic mass is 35.5. The summed E-state index contributed by atoms with van der Waals surface area (Å²) in [6.45, 7) is 2.74. The third-order valence-corrected chi connectivity index (χ3v) is 3.04. The maximum Gasteiger partial charge on any atom is 0.231 e. The standard InChI is InChI=1S/C11H14ClNO3/c1-2-8-7(3-4-16-13)5-9-11(10(8)12)15-6-14-9/h5H,2-4,6,13H2,1H3. The van der Waals surface area contributed by atoms with Gasteiger partial charge in [0, 0.05) is 0 Å². The van der Waals surface area contributed by atoms with Crippen molar-refractivity contribution in [2.24, 2.45) is 5.90 Å². The molecule has 1 heterocycles. The lowest BCUT2D eigenvalue weighted by molar-refractivity contribution is 0.141. The van der Waals surface area contributed by atoms with Crippen LogP contribution in [0.2, 0.25) is 5.02 Å². The largest absolute Gasteiger partial charge is 0.454 e. The van der Waals surface area contributed by atoms with E-state index >= 15 is 0 Å². The molecule has 0 amide bonds. The van der Waals surface area contributed by atoms with E-state index in [4.69, 9.17) is 27.0 Å². The van der Waals surface area contributed by atoms with Gasteiger partial charge in [0.2, 0.25) is 6.79 Å². The topological polar surface area (TPSA) is 53.7 Å². The molecule has 16 heavy (non-hydrogen) atoms. The van der Waals surface area contributed by atoms with Crippen LogP contribution >= 0.6 is 11.6 Å². The Hall–Kier alpha value is -0.970. The predicted molar refractivity (Wildman–Crippen MR) is 60.8 cm³/mol. The summed E-state index contributed by atoms with van der Waals surface area (Å²) in [6.07, 6.45) is 1.56. The van der Waals surface area contributed by atoms with Crippen molar-refractivity contribution >= 4 is 11.6 Å². The molecule has 1 aliphatic rings. The SMILES string of the molecule is CCc1c(CCON)cc2c(c1Cl)OCO2. The van der Waals surface area contributed by atoms with Crippen molar-refractivity contribution < 1.29 is 14.3 Å². The van der Waals surface area contributed by atoms with Crippen molar-refractivity contribution in [1.82, 2.24) is 0 Å². The summed E-state index contributed by atoms with van der Waals surface area (Å²) in [7, 11) is 0. The number of hydrogen-bond donors (Lipinski definition) is 1. The minimum atomic E-state index is 0.231. The van der Waals surface area contributed by atoms with Gasteiger partial charge < -0.3 is 14.3 Å². The molecule has 4 nitrogen and oxygen atoms in total. The van der Waals surface area contributed by atoms with Crippen molar-refractivity contribution in [3.8, 4) is 11.5 Å². The lowest BCUT2D eigenvalue weighted by Gasteiger charge is -2.11. The minimum absolute atomic E-state index is 0.231. The molecule has 2 N–H and O–H groups in total. The summed E-state index contributed by atoms with van der Waals surface area (Å²) in [5, 5.41) is 0.643. The quantitative estimate of drug-likeness (QED) is 0.823. The molecular weight excluding hydrogens is 230 g/mol. The number of halogens is 1. The smallest absolute Gasteiger partial charge is 0.231 e. The first-order valence-electron chi connectivity index (χ1n) is 5.19. The average molecular weight is 244 g/mol. The molecule has 0 saturated heterocycles. The van der Waals surface area contributed by atoms with Gasteiger partial charge in [-0.1, -0.05) is 18.5 Å². The number of ether oxygens (including phenoxy) is 2. The van der Waals surface area contributed by atoms with Crippen LogP contribution < -0.4 is 15.4 Å². The van der Waals surface area contributed by atoms with E-state index in [1.807, 2.05) is 6.07 Å². The first kappa shape index (κ1) is 11.5. The van der Waals surface area contributed by atoms with Crippen LogP contribution in [0, 0.1) is 0 Å². The van der Waals surface area contributed by atoms with Gasteiger partial charge in [-0.3, -0.25) is 0 Å². The van der Waals surface area contributed by atoms with Crippen molar-refractivity contribution in [2.45, 2.75) is 19.8 Å². The molecule has 2 rings (SSSR count). The molecule has 1 aromatic carbocycles. The van der Waals surface area contributed by atoms with Gasteiger partial charge in [-0.25, -0.2) is 5.90 Å².